The molecule has 0 radical (unpaired) electrons. The lowest BCUT2D eigenvalue weighted by atomic mass is 9.86. The molecule has 6 nitrogen and oxygen atoms in total. The van der Waals surface area contributed by atoms with Crippen LogP contribution in [0.25, 0.3) is 0 Å². The van der Waals surface area contributed by atoms with Gasteiger partial charge in [0.15, 0.2) is 9.84 Å². The second-order valence-corrected chi connectivity index (χ2v) is 6.48. The molecule has 0 saturated carbocycles. The van der Waals surface area contributed by atoms with Crippen LogP contribution >= 0.6 is 0 Å². The fraction of sp³-hybridized carbons (Fsp3) is 0.750. The van der Waals surface area contributed by atoms with Crippen molar-refractivity contribution in [2.24, 2.45) is 0 Å². The zero-order valence-corrected chi connectivity index (χ0v) is 9.34. The highest BCUT2D eigenvalue weighted by Gasteiger charge is 2.38. The molecule has 0 spiro atoms. The molecule has 2 rings (SSSR count). The Kier molecular flexibility index (Phi) is 2.22. The fourth-order valence-electron chi connectivity index (χ4n) is 2.04. The number of hydrogen-bond donors (Lipinski definition) is 2. The Labute approximate surface area is 88.2 Å². The maximum atomic E-state index is 11.6. The van der Waals surface area contributed by atoms with Crippen molar-refractivity contribution < 1.29 is 8.42 Å². The lowest BCUT2D eigenvalue weighted by Gasteiger charge is -2.30. The first kappa shape index (κ1) is 10.4. The van der Waals surface area contributed by atoms with Crippen LogP contribution in [-0.4, -0.2) is 35.1 Å². The number of aromatic nitrogens is 3. The Hall–Kier alpha value is -1.11. The smallest absolute Gasteiger partial charge is 0.239 e. The van der Waals surface area contributed by atoms with Crippen LogP contribution in [0.15, 0.2) is 0 Å². The summed E-state index contributed by atoms with van der Waals surface area (Å²) in [5.74, 6) is 1.12. The van der Waals surface area contributed by atoms with E-state index < -0.39 is 15.3 Å². The Morgan fingerprint density at radius 1 is 1.53 bits per heavy atom. The topological polar surface area (TPSA) is 102 Å². The summed E-state index contributed by atoms with van der Waals surface area (Å²) < 4.78 is 23.1. The number of H-pyrrole nitrogens is 1. The number of hydrogen-bond acceptors (Lipinski definition) is 5. The molecule has 1 atom stereocenters. The number of nitrogens with zero attached hydrogens (tertiary/aromatic N) is 2. The van der Waals surface area contributed by atoms with E-state index >= 15 is 0 Å². The molecule has 2 heterocycles. The van der Waals surface area contributed by atoms with Gasteiger partial charge in [-0.05, 0) is 12.8 Å². The molecule has 1 aromatic heterocycles. The van der Waals surface area contributed by atoms with Crippen LogP contribution in [0, 0.1) is 0 Å². The lowest BCUT2D eigenvalue weighted by Crippen LogP contribution is -2.38. The Balaban J connectivity index is 2.34. The molecule has 0 bridgehead atoms. The monoisotopic (exact) mass is 230 g/mol. The Bertz CT molecular complexity index is 467. The summed E-state index contributed by atoms with van der Waals surface area (Å²) >= 11 is 0. The predicted octanol–water partition coefficient (Wildman–Crippen LogP) is -0.147. The van der Waals surface area contributed by atoms with Gasteiger partial charge in [0.25, 0.3) is 0 Å². The Morgan fingerprint density at radius 3 is 2.80 bits per heavy atom. The molecule has 84 valence electrons. The fourth-order valence-corrected chi connectivity index (χ4v) is 4.02. The van der Waals surface area contributed by atoms with Crippen LogP contribution in [0.3, 0.4) is 0 Å². The highest BCUT2D eigenvalue weighted by molar-refractivity contribution is 7.91. The van der Waals surface area contributed by atoms with Gasteiger partial charge in [-0.2, -0.15) is 4.98 Å². The first-order valence-electron chi connectivity index (χ1n) is 4.80. The zero-order chi connectivity index (χ0) is 11.1. The van der Waals surface area contributed by atoms with Crippen LogP contribution in [0.4, 0.5) is 5.95 Å². The van der Waals surface area contributed by atoms with Gasteiger partial charge < -0.3 is 5.73 Å². The van der Waals surface area contributed by atoms with E-state index in [2.05, 4.69) is 15.2 Å². The number of nitrogens with two attached hydrogens (primary N) is 1. The molecule has 15 heavy (non-hydrogen) atoms. The lowest BCUT2D eigenvalue weighted by molar-refractivity contribution is 0.424. The molecule has 1 aliphatic heterocycles. The van der Waals surface area contributed by atoms with Crippen molar-refractivity contribution in [1.29, 1.82) is 0 Å². The van der Waals surface area contributed by atoms with Crippen molar-refractivity contribution in [3.8, 4) is 0 Å². The van der Waals surface area contributed by atoms with Gasteiger partial charge in [-0.3, -0.25) is 5.10 Å². The molecular formula is C8H14N4O2S. The summed E-state index contributed by atoms with van der Waals surface area (Å²) in [4.78, 5) is 4.02. The molecule has 1 saturated heterocycles. The number of rotatable bonds is 1. The predicted molar refractivity (Wildman–Crippen MR) is 56.0 cm³/mol. The number of nitrogen functional groups attached to an aromatic ring is 1. The zero-order valence-electron chi connectivity index (χ0n) is 8.52. The van der Waals surface area contributed by atoms with Gasteiger partial charge in [0.2, 0.25) is 5.95 Å². The van der Waals surface area contributed by atoms with Crippen LogP contribution < -0.4 is 5.73 Å². The summed E-state index contributed by atoms with van der Waals surface area (Å²) in [7, 11) is -2.96. The van der Waals surface area contributed by atoms with Gasteiger partial charge in [0, 0.05) is 5.41 Å². The van der Waals surface area contributed by atoms with E-state index in [0.717, 1.165) is 6.42 Å². The highest BCUT2D eigenvalue weighted by Crippen LogP contribution is 2.32. The maximum absolute atomic E-state index is 11.6. The summed E-state index contributed by atoms with van der Waals surface area (Å²) in [5.41, 5.74) is 4.94. The number of nitrogens with one attached hydrogen (secondary N) is 1. The molecule has 7 heteroatoms. The van der Waals surface area contributed by atoms with Crippen molar-refractivity contribution in [2.45, 2.75) is 25.2 Å². The summed E-state index contributed by atoms with van der Waals surface area (Å²) in [5, 5.41) is 6.43. The van der Waals surface area contributed by atoms with E-state index in [-0.39, 0.29) is 17.5 Å². The van der Waals surface area contributed by atoms with Crippen molar-refractivity contribution in [2.75, 3.05) is 17.2 Å². The van der Waals surface area contributed by atoms with Gasteiger partial charge in [-0.1, -0.05) is 6.92 Å². The first-order chi connectivity index (χ1) is 6.91. The largest absolute Gasteiger partial charge is 0.367 e. The average molecular weight is 230 g/mol. The molecule has 1 aromatic rings. The van der Waals surface area contributed by atoms with Crippen LogP contribution in [0.5, 0.6) is 0 Å². The molecule has 1 fully saturated rings. The van der Waals surface area contributed by atoms with E-state index in [0.29, 0.717) is 12.2 Å². The number of anilines is 1. The third kappa shape index (κ3) is 1.97. The molecule has 1 unspecified atom stereocenters. The Morgan fingerprint density at radius 2 is 2.27 bits per heavy atom. The van der Waals surface area contributed by atoms with Gasteiger partial charge >= 0.3 is 0 Å². The minimum Gasteiger partial charge on any atom is -0.367 e. The van der Waals surface area contributed by atoms with Gasteiger partial charge in [-0.15, -0.1) is 5.10 Å². The number of aromatic amines is 1. The van der Waals surface area contributed by atoms with Gasteiger partial charge in [0.05, 0.1) is 11.5 Å². The third-order valence-electron chi connectivity index (χ3n) is 2.80. The number of sulfone groups is 1. The normalized spacial score (nSPS) is 30.2. The quantitative estimate of drug-likeness (QED) is 0.698. The highest BCUT2D eigenvalue weighted by atomic mass is 32.2. The second kappa shape index (κ2) is 3.19. The summed E-state index contributed by atoms with van der Waals surface area (Å²) in [6, 6.07) is 0. The van der Waals surface area contributed by atoms with Crippen LogP contribution in [-0.2, 0) is 15.3 Å². The van der Waals surface area contributed by atoms with Crippen molar-refractivity contribution in [1.82, 2.24) is 15.2 Å². The minimum absolute atomic E-state index is 0.120. The van der Waals surface area contributed by atoms with E-state index in [9.17, 15) is 8.42 Å². The second-order valence-electron chi connectivity index (χ2n) is 4.30. The summed E-state index contributed by atoms with van der Waals surface area (Å²) in [6.45, 7) is 1.88. The molecule has 0 aromatic carbocycles. The van der Waals surface area contributed by atoms with Crippen molar-refractivity contribution in [3.63, 3.8) is 0 Å². The van der Waals surface area contributed by atoms with E-state index in [1.807, 2.05) is 6.92 Å². The first-order valence-corrected chi connectivity index (χ1v) is 6.62. The van der Waals surface area contributed by atoms with Crippen molar-refractivity contribution >= 4 is 15.8 Å². The standard InChI is InChI=1S/C8H14N4O2S/c1-8(6-10-7(9)12-11-6)3-2-4-15(13,14)5-8/h2-5H2,1H3,(H3,9,10,11,12). The van der Waals surface area contributed by atoms with Crippen molar-refractivity contribution in [3.05, 3.63) is 5.82 Å². The molecule has 1 aliphatic rings. The minimum atomic E-state index is -2.96. The SMILES string of the molecule is CC1(c2nc(N)n[nH]2)CCCS(=O)(=O)C1. The molecular weight excluding hydrogens is 216 g/mol. The van der Waals surface area contributed by atoms with Gasteiger partial charge in [0.1, 0.15) is 5.82 Å². The average Bonchev–Trinajstić information content (AvgIpc) is 2.49. The molecule has 0 amide bonds. The van der Waals surface area contributed by atoms with E-state index in [4.69, 9.17) is 5.73 Å². The maximum Gasteiger partial charge on any atom is 0.239 e. The van der Waals surface area contributed by atoms with E-state index in [1.54, 1.807) is 0 Å². The summed E-state index contributed by atoms with van der Waals surface area (Å²) in [6.07, 6.45) is 1.46. The van der Waals surface area contributed by atoms with E-state index in [1.165, 1.54) is 0 Å². The van der Waals surface area contributed by atoms with Crippen LogP contribution in [0.1, 0.15) is 25.6 Å². The third-order valence-corrected chi connectivity index (χ3v) is 4.78. The van der Waals surface area contributed by atoms with Gasteiger partial charge in [-0.25, -0.2) is 8.42 Å². The van der Waals surface area contributed by atoms with Crippen LogP contribution in [0.2, 0.25) is 0 Å². The molecule has 3 N–H and O–H groups in total. The molecule has 0 aliphatic carbocycles.